The number of imidazole rings is 1. The molecule has 6 nitrogen and oxygen atoms in total. The minimum Gasteiger partial charge on any atom is -0.336 e. The van der Waals surface area contributed by atoms with E-state index in [4.69, 9.17) is 0 Å². The molecular formula is C18H25N5O. The van der Waals surface area contributed by atoms with Crippen LogP contribution in [-0.4, -0.2) is 63.0 Å². The Labute approximate surface area is 143 Å². The average Bonchev–Trinajstić information content (AvgIpc) is 3.09. The molecule has 3 heterocycles. The number of hydrogen-bond acceptors (Lipinski definition) is 4. The lowest BCUT2D eigenvalue weighted by atomic mass is 10.2. The SMILES string of the molecule is CC(C)c1nccn1CCN1CCN(C(=O)c2ccncc2)CC1. The fourth-order valence-electron chi connectivity index (χ4n) is 3.11. The summed E-state index contributed by atoms with van der Waals surface area (Å²) in [6, 6.07) is 3.56. The molecule has 2 aromatic rings. The molecule has 0 saturated carbocycles. The number of hydrogen-bond donors (Lipinski definition) is 0. The Hall–Kier alpha value is -2.21. The quantitative estimate of drug-likeness (QED) is 0.841. The van der Waals surface area contributed by atoms with Gasteiger partial charge in [0.25, 0.3) is 5.91 Å². The van der Waals surface area contributed by atoms with Crippen molar-refractivity contribution in [1.29, 1.82) is 0 Å². The number of pyridine rings is 1. The number of nitrogens with zero attached hydrogens (tertiary/aromatic N) is 5. The third-order valence-corrected chi connectivity index (χ3v) is 4.51. The van der Waals surface area contributed by atoms with Crippen LogP contribution in [0.5, 0.6) is 0 Å². The fraction of sp³-hybridized carbons (Fsp3) is 0.500. The standard InChI is InChI=1S/C18H25N5O/c1-15(2)17-20-7-8-22(17)12-9-21-10-13-23(14-11-21)18(24)16-3-5-19-6-4-16/h3-8,15H,9-14H2,1-2H3. The maximum atomic E-state index is 12.4. The highest BCUT2D eigenvalue weighted by Gasteiger charge is 2.22. The Morgan fingerprint density at radius 2 is 1.79 bits per heavy atom. The fourth-order valence-corrected chi connectivity index (χ4v) is 3.11. The van der Waals surface area contributed by atoms with E-state index in [2.05, 4.69) is 39.5 Å². The first kappa shape index (κ1) is 16.6. The summed E-state index contributed by atoms with van der Waals surface area (Å²) in [5.74, 6) is 1.69. The van der Waals surface area contributed by atoms with E-state index in [1.165, 1.54) is 0 Å². The van der Waals surface area contributed by atoms with Gasteiger partial charge in [0.2, 0.25) is 0 Å². The Balaban J connectivity index is 1.49. The monoisotopic (exact) mass is 327 g/mol. The van der Waals surface area contributed by atoms with Gasteiger partial charge < -0.3 is 9.47 Å². The lowest BCUT2D eigenvalue weighted by Crippen LogP contribution is -2.49. The summed E-state index contributed by atoms with van der Waals surface area (Å²) < 4.78 is 2.24. The highest BCUT2D eigenvalue weighted by molar-refractivity contribution is 5.94. The highest BCUT2D eigenvalue weighted by atomic mass is 16.2. The first-order valence-corrected chi connectivity index (χ1v) is 8.58. The lowest BCUT2D eigenvalue weighted by Gasteiger charge is -2.35. The zero-order valence-electron chi connectivity index (χ0n) is 14.4. The van der Waals surface area contributed by atoms with E-state index in [9.17, 15) is 4.79 Å². The van der Waals surface area contributed by atoms with Crippen molar-refractivity contribution in [1.82, 2.24) is 24.3 Å². The molecule has 6 heteroatoms. The smallest absolute Gasteiger partial charge is 0.254 e. The molecular weight excluding hydrogens is 302 g/mol. The first-order chi connectivity index (χ1) is 11.6. The van der Waals surface area contributed by atoms with E-state index in [0.29, 0.717) is 5.92 Å². The molecule has 1 aliphatic rings. The van der Waals surface area contributed by atoms with Crippen molar-refractivity contribution < 1.29 is 4.79 Å². The summed E-state index contributed by atoms with van der Waals surface area (Å²) in [6.07, 6.45) is 7.26. The molecule has 3 rings (SSSR count). The summed E-state index contributed by atoms with van der Waals surface area (Å²) in [5.41, 5.74) is 0.721. The van der Waals surface area contributed by atoms with Crippen molar-refractivity contribution in [3.05, 3.63) is 48.3 Å². The summed E-state index contributed by atoms with van der Waals surface area (Å²) in [4.78, 5) is 25.2. The number of rotatable bonds is 5. The number of amides is 1. The van der Waals surface area contributed by atoms with Gasteiger partial charge in [-0.1, -0.05) is 13.8 Å². The second-order valence-electron chi connectivity index (χ2n) is 6.50. The first-order valence-electron chi connectivity index (χ1n) is 8.58. The van der Waals surface area contributed by atoms with Crippen molar-refractivity contribution in [2.24, 2.45) is 0 Å². The minimum atomic E-state index is 0.105. The zero-order valence-corrected chi connectivity index (χ0v) is 14.4. The second-order valence-corrected chi connectivity index (χ2v) is 6.50. The van der Waals surface area contributed by atoms with Gasteiger partial charge in [0, 0.05) is 75.5 Å². The number of piperazine rings is 1. The Bertz CT molecular complexity index is 659. The van der Waals surface area contributed by atoms with Gasteiger partial charge in [0.1, 0.15) is 5.82 Å². The molecule has 1 amide bonds. The van der Waals surface area contributed by atoms with E-state index in [-0.39, 0.29) is 5.91 Å². The van der Waals surface area contributed by atoms with Gasteiger partial charge in [-0.15, -0.1) is 0 Å². The largest absolute Gasteiger partial charge is 0.336 e. The number of aromatic nitrogens is 3. The third-order valence-electron chi connectivity index (χ3n) is 4.51. The van der Waals surface area contributed by atoms with Crippen molar-refractivity contribution in [3.8, 4) is 0 Å². The molecule has 0 unspecified atom stereocenters. The van der Waals surface area contributed by atoms with Crippen molar-refractivity contribution in [2.45, 2.75) is 26.3 Å². The van der Waals surface area contributed by atoms with Crippen LogP contribution in [0.2, 0.25) is 0 Å². The van der Waals surface area contributed by atoms with Crippen LogP contribution in [0.15, 0.2) is 36.9 Å². The van der Waals surface area contributed by atoms with Gasteiger partial charge in [0.05, 0.1) is 0 Å². The summed E-state index contributed by atoms with van der Waals surface area (Å²) in [5, 5.41) is 0. The molecule has 1 fully saturated rings. The van der Waals surface area contributed by atoms with Crippen LogP contribution in [0.4, 0.5) is 0 Å². The Kier molecular flexibility index (Phi) is 5.25. The summed E-state index contributed by atoms with van der Waals surface area (Å²) >= 11 is 0. The van der Waals surface area contributed by atoms with E-state index in [1.807, 2.05) is 11.1 Å². The Morgan fingerprint density at radius 3 is 2.46 bits per heavy atom. The lowest BCUT2D eigenvalue weighted by molar-refractivity contribution is 0.0633. The molecule has 0 radical (unpaired) electrons. The van der Waals surface area contributed by atoms with Gasteiger partial charge >= 0.3 is 0 Å². The van der Waals surface area contributed by atoms with Gasteiger partial charge in [-0.2, -0.15) is 0 Å². The normalized spacial score (nSPS) is 15.9. The van der Waals surface area contributed by atoms with E-state index >= 15 is 0 Å². The highest BCUT2D eigenvalue weighted by Crippen LogP contribution is 2.12. The number of carbonyl (C=O) groups excluding carboxylic acids is 1. The second kappa shape index (κ2) is 7.57. The van der Waals surface area contributed by atoms with Gasteiger partial charge in [-0.25, -0.2) is 4.98 Å². The van der Waals surface area contributed by atoms with E-state index in [0.717, 1.165) is 50.7 Å². The number of carbonyl (C=O) groups is 1. The van der Waals surface area contributed by atoms with Gasteiger partial charge in [-0.05, 0) is 12.1 Å². The molecule has 128 valence electrons. The molecule has 24 heavy (non-hydrogen) atoms. The summed E-state index contributed by atoms with van der Waals surface area (Å²) in [6.45, 7) is 9.68. The average molecular weight is 327 g/mol. The van der Waals surface area contributed by atoms with Gasteiger partial charge in [0.15, 0.2) is 0 Å². The predicted octanol–water partition coefficient (Wildman–Crippen LogP) is 1.86. The summed E-state index contributed by atoms with van der Waals surface area (Å²) in [7, 11) is 0. The van der Waals surface area contributed by atoms with E-state index < -0.39 is 0 Å². The maximum absolute atomic E-state index is 12.4. The predicted molar refractivity (Wildman–Crippen MR) is 92.9 cm³/mol. The van der Waals surface area contributed by atoms with Crippen LogP contribution in [0.1, 0.15) is 35.9 Å². The van der Waals surface area contributed by atoms with Crippen LogP contribution in [-0.2, 0) is 6.54 Å². The van der Waals surface area contributed by atoms with Crippen molar-refractivity contribution in [2.75, 3.05) is 32.7 Å². The van der Waals surface area contributed by atoms with E-state index in [1.54, 1.807) is 24.5 Å². The third kappa shape index (κ3) is 3.82. The topological polar surface area (TPSA) is 54.3 Å². The van der Waals surface area contributed by atoms with Crippen molar-refractivity contribution >= 4 is 5.91 Å². The zero-order chi connectivity index (χ0) is 16.9. The molecule has 1 saturated heterocycles. The molecule has 0 bridgehead atoms. The van der Waals surface area contributed by atoms with Crippen LogP contribution >= 0.6 is 0 Å². The molecule has 0 spiro atoms. The van der Waals surface area contributed by atoms with Crippen LogP contribution in [0.25, 0.3) is 0 Å². The Morgan fingerprint density at radius 1 is 1.08 bits per heavy atom. The molecule has 0 N–H and O–H groups in total. The van der Waals surface area contributed by atoms with Gasteiger partial charge in [-0.3, -0.25) is 14.7 Å². The van der Waals surface area contributed by atoms with Crippen LogP contribution < -0.4 is 0 Å². The molecule has 2 aromatic heterocycles. The van der Waals surface area contributed by atoms with Crippen molar-refractivity contribution in [3.63, 3.8) is 0 Å². The molecule has 0 aliphatic carbocycles. The van der Waals surface area contributed by atoms with Crippen LogP contribution in [0.3, 0.4) is 0 Å². The molecule has 0 aromatic carbocycles. The molecule has 1 aliphatic heterocycles. The van der Waals surface area contributed by atoms with Crippen LogP contribution in [0, 0.1) is 0 Å². The maximum Gasteiger partial charge on any atom is 0.254 e. The minimum absolute atomic E-state index is 0.105. The molecule has 0 atom stereocenters.